The van der Waals surface area contributed by atoms with E-state index in [1.165, 1.54) is 0 Å². The van der Waals surface area contributed by atoms with Gasteiger partial charge in [0.25, 0.3) is 11.5 Å². The highest BCUT2D eigenvalue weighted by atomic mass is 35.5. The maximum Gasteiger partial charge on any atom is 0.261 e. The molecule has 0 saturated carbocycles. The predicted molar refractivity (Wildman–Crippen MR) is 106 cm³/mol. The Morgan fingerprint density at radius 2 is 1.93 bits per heavy atom. The number of halogens is 1. The summed E-state index contributed by atoms with van der Waals surface area (Å²) in [6.07, 6.45) is 3.96. The van der Waals surface area contributed by atoms with Gasteiger partial charge in [-0.15, -0.1) is 0 Å². The molecule has 1 aromatic heterocycles. The highest BCUT2D eigenvalue weighted by molar-refractivity contribution is 6.30. The average molecular weight is 382 g/mol. The lowest BCUT2D eigenvalue weighted by Gasteiger charge is -2.11. The molecule has 0 radical (unpaired) electrons. The first-order chi connectivity index (χ1) is 13.1. The second kappa shape index (κ2) is 7.53. The van der Waals surface area contributed by atoms with Crippen molar-refractivity contribution in [2.75, 3.05) is 0 Å². The molecule has 1 amide bonds. The van der Waals surface area contributed by atoms with Crippen LogP contribution in [-0.2, 0) is 19.5 Å². The number of aryl methyl sites for hydroxylation is 1. The second-order valence-corrected chi connectivity index (χ2v) is 7.27. The Morgan fingerprint density at radius 1 is 1.11 bits per heavy atom. The highest BCUT2D eigenvalue weighted by Crippen LogP contribution is 2.16. The Labute approximate surface area is 162 Å². The third-order valence-electron chi connectivity index (χ3n) is 4.94. The molecule has 6 heteroatoms. The number of aromatic nitrogens is 2. The fraction of sp³-hybridized carbons (Fsp3) is 0.286. The van der Waals surface area contributed by atoms with Crippen LogP contribution in [0.5, 0.6) is 0 Å². The summed E-state index contributed by atoms with van der Waals surface area (Å²) in [6.45, 7) is 1.13. The Kier molecular flexibility index (Phi) is 4.94. The molecule has 3 aromatic rings. The number of carbonyl (C=O) groups excluding carboxylic acids is 1. The summed E-state index contributed by atoms with van der Waals surface area (Å²) >= 11 is 5.88. The number of hydrogen-bond acceptors (Lipinski definition) is 3. The number of nitrogens with zero attached hydrogens (tertiary/aromatic N) is 2. The number of hydrogen-bond donors (Lipinski definition) is 1. The first-order valence-electron chi connectivity index (χ1n) is 9.18. The van der Waals surface area contributed by atoms with Crippen LogP contribution in [-0.4, -0.2) is 15.5 Å². The molecular weight excluding hydrogens is 362 g/mol. The fourth-order valence-corrected chi connectivity index (χ4v) is 3.57. The van der Waals surface area contributed by atoms with Gasteiger partial charge in [-0.1, -0.05) is 30.2 Å². The predicted octanol–water partition coefficient (Wildman–Crippen LogP) is 3.71. The van der Waals surface area contributed by atoms with Gasteiger partial charge >= 0.3 is 0 Å². The van der Waals surface area contributed by atoms with Crippen molar-refractivity contribution in [1.29, 1.82) is 0 Å². The standard InChI is InChI=1S/C21H20ClN3O2/c22-16-8-5-14(6-9-16)13-23-20(26)15-7-10-17-18(12-15)24-19-4-2-1-3-11-25(19)21(17)27/h5-10,12H,1-4,11,13H2,(H,23,26). The maximum atomic E-state index is 12.8. The average Bonchev–Trinajstić information content (AvgIpc) is 2.93. The van der Waals surface area contributed by atoms with E-state index in [4.69, 9.17) is 11.6 Å². The number of fused-ring (bicyclic) bond motifs is 2. The van der Waals surface area contributed by atoms with Gasteiger partial charge in [-0.3, -0.25) is 14.2 Å². The van der Waals surface area contributed by atoms with E-state index in [0.29, 0.717) is 28.0 Å². The molecule has 0 bridgehead atoms. The molecule has 1 aliphatic rings. The minimum absolute atomic E-state index is 0.00924. The van der Waals surface area contributed by atoms with Crippen molar-refractivity contribution in [1.82, 2.24) is 14.9 Å². The SMILES string of the molecule is O=C(NCc1ccc(Cl)cc1)c1ccc2c(=O)n3c(nc2c1)CCCCC3. The molecule has 0 saturated heterocycles. The van der Waals surface area contributed by atoms with Crippen LogP contribution >= 0.6 is 11.6 Å². The normalized spacial score (nSPS) is 13.8. The minimum atomic E-state index is -0.191. The molecule has 5 nitrogen and oxygen atoms in total. The van der Waals surface area contributed by atoms with Crippen molar-refractivity contribution in [2.24, 2.45) is 0 Å². The van der Waals surface area contributed by atoms with Gasteiger partial charge in [0, 0.05) is 30.1 Å². The number of benzene rings is 2. The van der Waals surface area contributed by atoms with Crippen molar-refractivity contribution in [2.45, 2.75) is 38.8 Å². The van der Waals surface area contributed by atoms with Crippen LogP contribution in [0.25, 0.3) is 10.9 Å². The van der Waals surface area contributed by atoms with Gasteiger partial charge in [-0.05, 0) is 48.7 Å². The molecule has 4 rings (SSSR count). The fourth-order valence-electron chi connectivity index (χ4n) is 3.45. The van der Waals surface area contributed by atoms with Crippen LogP contribution in [0.2, 0.25) is 5.02 Å². The molecule has 0 spiro atoms. The molecule has 2 aromatic carbocycles. The topological polar surface area (TPSA) is 64.0 Å². The van der Waals surface area contributed by atoms with Gasteiger partial charge in [0.05, 0.1) is 10.9 Å². The summed E-state index contributed by atoms with van der Waals surface area (Å²) in [5, 5.41) is 4.12. The van der Waals surface area contributed by atoms with Crippen LogP contribution in [0.15, 0.2) is 47.3 Å². The van der Waals surface area contributed by atoms with Gasteiger partial charge in [-0.25, -0.2) is 4.98 Å². The molecule has 1 aliphatic heterocycles. The third-order valence-corrected chi connectivity index (χ3v) is 5.20. The first kappa shape index (κ1) is 17.7. The van der Waals surface area contributed by atoms with Crippen LogP contribution in [0.3, 0.4) is 0 Å². The molecule has 0 aliphatic carbocycles. The Balaban J connectivity index is 1.59. The second-order valence-electron chi connectivity index (χ2n) is 6.84. The Bertz CT molecular complexity index is 1060. The smallest absolute Gasteiger partial charge is 0.261 e. The van der Waals surface area contributed by atoms with Crippen LogP contribution in [0, 0.1) is 0 Å². The van der Waals surface area contributed by atoms with Crippen molar-refractivity contribution in [3.8, 4) is 0 Å². The monoisotopic (exact) mass is 381 g/mol. The number of nitrogens with one attached hydrogen (secondary N) is 1. The third kappa shape index (κ3) is 3.74. The lowest BCUT2D eigenvalue weighted by molar-refractivity contribution is 0.0951. The van der Waals surface area contributed by atoms with E-state index in [0.717, 1.165) is 43.6 Å². The van der Waals surface area contributed by atoms with E-state index in [1.54, 1.807) is 34.9 Å². The molecule has 0 unspecified atom stereocenters. The number of amides is 1. The summed E-state index contributed by atoms with van der Waals surface area (Å²) in [7, 11) is 0. The van der Waals surface area contributed by atoms with Crippen molar-refractivity contribution in [3.05, 3.63) is 74.8 Å². The molecule has 27 heavy (non-hydrogen) atoms. The molecular formula is C21H20ClN3O2. The van der Waals surface area contributed by atoms with E-state index < -0.39 is 0 Å². The van der Waals surface area contributed by atoms with E-state index in [9.17, 15) is 9.59 Å². The maximum absolute atomic E-state index is 12.8. The van der Waals surface area contributed by atoms with E-state index >= 15 is 0 Å². The molecule has 1 N–H and O–H groups in total. The number of carbonyl (C=O) groups is 1. The van der Waals surface area contributed by atoms with E-state index in [2.05, 4.69) is 10.3 Å². The van der Waals surface area contributed by atoms with Gasteiger partial charge in [0.2, 0.25) is 0 Å². The minimum Gasteiger partial charge on any atom is -0.348 e. The first-order valence-corrected chi connectivity index (χ1v) is 9.56. The van der Waals surface area contributed by atoms with Gasteiger partial charge in [0.1, 0.15) is 5.82 Å². The Hall–Kier alpha value is -2.66. The molecule has 138 valence electrons. The number of rotatable bonds is 3. The zero-order valence-corrected chi connectivity index (χ0v) is 15.6. The van der Waals surface area contributed by atoms with Crippen LogP contribution < -0.4 is 10.9 Å². The van der Waals surface area contributed by atoms with E-state index in [-0.39, 0.29) is 11.5 Å². The van der Waals surface area contributed by atoms with Gasteiger partial charge in [-0.2, -0.15) is 0 Å². The molecule has 2 heterocycles. The summed E-state index contributed by atoms with van der Waals surface area (Å²) in [4.78, 5) is 29.9. The zero-order valence-electron chi connectivity index (χ0n) is 14.9. The summed E-state index contributed by atoms with van der Waals surface area (Å²) < 4.78 is 1.79. The summed E-state index contributed by atoms with van der Waals surface area (Å²) in [5.41, 5.74) is 2.05. The quantitative estimate of drug-likeness (QED) is 0.752. The van der Waals surface area contributed by atoms with Crippen LogP contribution in [0.4, 0.5) is 0 Å². The van der Waals surface area contributed by atoms with Crippen molar-refractivity contribution < 1.29 is 4.79 Å². The van der Waals surface area contributed by atoms with E-state index in [1.807, 2.05) is 12.1 Å². The largest absolute Gasteiger partial charge is 0.348 e. The molecule has 0 atom stereocenters. The Morgan fingerprint density at radius 3 is 2.74 bits per heavy atom. The zero-order chi connectivity index (χ0) is 18.8. The lowest BCUT2D eigenvalue weighted by atomic mass is 10.1. The van der Waals surface area contributed by atoms with Gasteiger partial charge in [0.15, 0.2) is 0 Å². The summed E-state index contributed by atoms with van der Waals surface area (Å²) in [5.74, 6) is 0.632. The van der Waals surface area contributed by atoms with Crippen molar-refractivity contribution >= 4 is 28.4 Å². The lowest BCUT2D eigenvalue weighted by Crippen LogP contribution is -2.25. The highest BCUT2D eigenvalue weighted by Gasteiger charge is 2.15. The molecule has 0 fully saturated rings. The van der Waals surface area contributed by atoms with Crippen LogP contribution in [0.1, 0.15) is 41.0 Å². The summed E-state index contributed by atoms with van der Waals surface area (Å²) in [6, 6.07) is 12.4. The van der Waals surface area contributed by atoms with Crippen molar-refractivity contribution in [3.63, 3.8) is 0 Å². The van der Waals surface area contributed by atoms with Gasteiger partial charge < -0.3 is 5.32 Å².